The molecule has 1 atom stereocenters. The van der Waals surface area contributed by atoms with E-state index in [0.29, 0.717) is 12.5 Å². The molecule has 1 rings (SSSR count). The maximum atomic E-state index is 9.18. The van der Waals surface area contributed by atoms with E-state index in [9.17, 15) is 5.11 Å². The topological polar surface area (TPSA) is 65.9 Å². The molecule has 1 aromatic carbocycles. The zero-order valence-electron chi connectivity index (χ0n) is 16.5. The van der Waals surface area contributed by atoms with Crippen molar-refractivity contribution in [3.8, 4) is 5.75 Å². The number of rotatable bonds is 12. The molecule has 0 aliphatic rings. The lowest BCUT2D eigenvalue weighted by Crippen LogP contribution is -2.38. The van der Waals surface area contributed by atoms with Gasteiger partial charge in [-0.25, -0.2) is 0 Å². The number of para-hydroxylation sites is 1. The number of aliphatic imine (C=N–C) groups is 1. The minimum atomic E-state index is 0. The third kappa shape index (κ3) is 10.2. The maximum Gasteiger partial charge on any atom is 0.191 e. The smallest absolute Gasteiger partial charge is 0.191 e. The number of nitrogens with zero attached hydrogens (tertiary/aromatic N) is 1. The van der Waals surface area contributed by atoms with Crippen LogP contribution in [0.3, 0.4) is 0 Å². The van der Waals surface area contributed by atoms with Crippen molar-refractivity contribution >= 4 is 29.9 Å². The van der Waals surface area contributed by atoms with Gasteiger partial charge in [-0.15, -0.1) is 24.0 Å². The Hall–Kier alpha value is -1.02. The second-order valence-electron chi connectivity index (χ2n) is 6.10. The average Bonchev–Trinajstić information content (AvgIpc) is 2.61. The SMILES string of the molecule is CCCC(CCO)CN=C(NCC)NCCc1ccccc1OCC.I. The first kappa shape index (κ1) is 25.0. The summed E-state index contributed by atoms with van der Waals surface area (Å²) < 4.78 is 5.68. The summed E-state index contributed by atoms with van der Waals surface area (Å²) in [6, 6.07) is 8.17. The highest BCUT2D eigenvalue weighted by atomic mass is 127. The van der Waals surface area contributed by atoms with E-state index in [0.717, 1.165) is 57.0 Å². The Bertz CT molecular complexity index is 492. The van der Waals surface area contributed by atoms with E-state index in [-0.39, 0.29) is 30.6 Å². The standard InChI is InChI=1S/C20H35N3O2.HI/c1-4-9-17(13-15-24)16-23-20(21-5-2)22-14-12-18-10-7-8-11-19(18)25-6-3;/h7-8,10-11,17,24H,4-6,9,12-16H2,1-3H3,(H2,21,22,23);1H. The van der Waals surface area contributed by atoms with Gasteiger partial charge in [0.2, 0.25) is 0 Å². The molecule has 0 fully saturated rings. The summed E-state index contributed by atoms with van der Waals surface area (Å²) in [4.78, 5) is 4.69. The molecule has 1 unspecified atom stereocenters. The van der Waals surface area contributed by atoms with Gasteiger partial charge in [-0.1, -0.05) is 31.5 Å². The zero-order valence-corrected chi connectivity index (χ0v) is 18.8. The van der Waals surface area contributed by atoms with Gasteiger partial charge in [0.25, 0.3) is 0 Å². The third-order valence-electron chi connectivity index (χ3n) is 4.05. The lowest BCUT2D eigenvalue weighted by molar-refractivity contribution is 0.253. The molecule has 0 heterocycles. The Morgan fingerprint density at radius 3 is 2.58 bits per heavy atom. The van der Waals surface area contributed by atoms with Crippen LogP contribution in [0.2, 0.25) is 0 Å². The van der Waals surface area contributed by atoms with Crippen molar-refractivity contribution in [3.63, 3.8) is 0 Å². The van der Waals surface area contributed by atoms with E-state index in [1.54, 1.807) is 0 Å². The van der Waals surface area contributed by atoms with Gasteiger partial charge in [-0.05, 0) is 50.7 Å². The van der Waals surface area contributed by atoms with Gasteiger partial charge in [-0.2, -0.15) is 0 Å². The summed E-state index contributed by atoms with van der Waals surface area (Å²) in [5, 5.41) is 15.9. The highest BCUT2D eigenvalue weighted by molar-refractivity contribution is 14.0. The van der Waals surface area contributed by atoms with Crippen LogP contribution in [0.4, 0.5) is 0 Å². The first-order valence-corrected chi connectivity index (χ1v) is 9.58. The van der Waals surface area contributed by atoms with Crippen LogP contribution in [0.15, 0.2) is 29.3 Å². The van der Waals surface area contributed by atoms with Crippen LogP contribution in [0.25, 0.3) is 0 Å². The number of ether oxygens (including phenoxy) is 1. The Morgan fingerprint density at radius 2 is 1.92 bits per heavy atom. The molecule has 0 saturated heterocycles. The molecule has 0 aromatic heterocycles. The van der Waals surface area contributed by atoms with Gasteiger partial charge in [0.05, 0.1) is 6.61 Å². The van der Waals surface area contributed by atoms with E-state index in [2.05, 4.69) is 30.5 Å². The van der Waals surface area contributed by atoms with Crippen LogP contribution >= 0.6 is 24.0 Å². The number of nitrogens with one attached hydrogen (secondary N) is 2. The lowest BCUT2D eigenvalue weighted by atomic mass is 10.0. The van der Waals surface area contributed by atoms with Crippen LogP contribution in [0.1, 0.15) is 45.6 Å². The summed E-state index contributed by atoms with van der Waals surface area (Å²) in [5.74, 6) is 2.25. The second kappa shape index (κ2) is 16.2. The fraction of sp³-hybridized carbons (Fsp3) is 0.650. The molecule has 0 bridgehead atoms. The largest absolute Gasteiger partial charge is 0.494 e. The first-order chi connectivity index (χ1) is 12.2. The van der Waals surface area contributed by atoms with Gasteiger partial charge >= 0.3 is 0 Å². The maximum absolute atomic E-state index is 9.18. The Labute approximate surface area is 176 Å². The van der Waals surface area contributed by atoms with Gasteiger partial charge in [0.1, 0.15) is 5.75 Å². The molecule has 1 aromatic rings. The van der Waals surface area contributed by atoms with Crippen molar-refractivity contribution in [2.45, 2.75) is 46.5 Å². The Morgan fingerprint density at radius 1 is 1.15 bits per heavy atom. The van der Waals surface area contributed by atoms with Crippen LogP contribution < -0.4 is 15.4 Å². The van der Waals surface area contributed by atoms with E-state index in [4.69, 9.17) is 9.73 Å². The molecule has 6 heteroatoms. The minimum absolute atomic E-state index is 0. The number of halogens is 1. The Balaban J connectivity index is 0.00000625. The Kier molecular flexibility index (Phi) is 15.5. The summed E-state index contributed by atoms with van der Waals surface area (Å²) in [5.41, 5.74) is 1.21. The summed E-state index contributed by atoms with van der Waals surface area (Å²) >= 11 is 0. The summed E-state index contributed by atoms with van der Waals surface area (Å²) in [7, 11) is 0. The van der Waals surface area contributed by atoms with Crippen LogP contribution in [-0.4, -0.2) is 43.9 Å². The fourth-order valence-electron chi connectivity index (χ4n) is 2.80. The van der Waals surface area contributed by atoms with Crippen LogP contribution in [0, 0.1) is 5.92 Å². The molecule has 0 amide bonds. The zero-order chi connectivity index (χ0) is 18.3. The third-order valence-corrected chi connectivity index (χ3v) is 4.05. The highest BCUT2D eigenvalue weighted by Gasteiger charge is 2.08. The van der Waals surface area contributed by atoms with Crippen molar-refractivity contribution in [3.05, 3.63) is 29.8 Å². The first-order valence-electron chi connectivity index (χ1n) is 9.58. The van der Waals surface area contributed by atoms with Crippen LogP contribution in [-0.2, 0) is 6.42 Å². The lowest BCUT2D eigenvalue weighted by Gasteiger charge is -2.16. The molecule has 150 valence electrons. The fourth-order valence-corrected chi connectivity index (χ4v) is 2.80. The molecule has 0 radical (unpaired) electrons. The summed E-state index contributed by atoms with van der Waals surface area (Å²) in [6.07, 6.45) is 3.93. The quantitative estimate of drug-likeness (QED) is 0.245. The molecule has 0 aliphatic carbocycles. The average molecular weight is 477 g/mol. The molecular weight excluding hydrogens is 441 g/mol. The number of aliphatic hydroxyl groups is 1. The molecule has 3 N–H and O–H groups in total. The summed E-state index contributed by atoms with van der Waals surface area (Å²) in [6.45, 7) is 9.54. The van der Waals surface area contributed by atoms with E-state index in [1.807, 2.05) is 25.1 Å². The highest BCUT2D eigenvalue weighted by Crippen LogP contribution is 2.18. The predicted octanol–water partition coefficient (Wildman–Crippen LogP) is 3.60. The number of guanidine groups is 1. The monoisotopic (exact) mass is 477 g/mol. The minimum Gasteiger partial charge on any atom is -0.494 e. The molecule has 0 spiro atoms. The van der Waals surface area contributed by atoms with Gasteiger partial charge in [0.15, 0.2) is 5.96 Å². The molecular formula is C20H36IN3O2. The molecule has 0 saturated carbocycles. The van der Waals surface area contributed by atoms with Crippen molar-refractivity contribution in [1.82, 2.24) is 10.6 Å². The number of hydrogen-bond acceptors (Lipinski definition) is 3. The molecule has 26 heavy (non-hydrogen) atoms. The normalized spacial score (nSPS) is 12.2. The van der Waals surface area contributed by atoms with Gasteiger partial charge in [-0.3, -0.25) is 4.99 Å². The van der Waals surface area contributed by atoms with Gasteiger partial charge in [0, 0.05) is 26.2 Å². The number of benzene rings is 1. The van der Waals surface area contributed by atoms with E-state index in [1.165, 1.54) is 5.56 Å². The van der Waals surface area contributed by atoms with Crippen molar-refractivity contribution in [1.29, 1.82) is 0 Å². The number of hydrogen-bond donors (Lipinski definition) is 3. The number of aliphatic hydroxyl groups excluding tert-OH is 1. The second-order valence-corrected chi connectivity index (χ2v) is 6.10. The van der Waals surface area contributed by atoms with E-state index >= 15 is 0 Å². The predicted molar refractivity (Wildman–Crippen MR) is 121 cm³/mol. The molecule has 5 nitrogen and oxygen atoms in total. The van der Waals surface area contributed by atoms with Crippen LogP contribution in [0.5, 0.6) is 5.75 Å². The van der Waals surface area contributed by atoms with Gasteiger partial charge < -0.3 is 20.5 Å². The molecule has 0 aliphatic heterocycles. The van der Waals surface area contributed by atoms with Crippen molar-refractivity contribution < 1.29 is 9.84 Å². The van der Waals surface area contributed by atoms with Crippen molar-refractivity contribution in [2.75, 3.05) is 32.8 Å². The van der Waals surface area contributed by atoms with E-state index < -0.39 is 0 Å². The van der Waals surface area contributed by atoms with Crippen molar-refractivity contribution in [2.24, 2.45) is 10.9 Å².